The van der Waals surface area contributed by atoms with Crippen molar-refractivity contribution in [1.29, 1.82) is 0 Å². The first-order chi connectivity index (χ1) is 12.0. The van der Waals surface area contributed by atoms with E-state index in [2.05, 4.69) is 16.7 Å². The molecule has 0 spiro atoms. The number of hydrogen-bond donors (Lipinski definition) is 2. The summed E-state index contributed by atoms with van der Waals surface area (Å²) in [5.74, 6) is -0.0748. The van der Waals surface area contributed by atoms with Gasteiger partial charge in [-0.25, -0.2) is 0 Å². The average molecular weight is 353 g/mol. The predicted octanol–water partition coefficient (Wildman–Crippen LogP) is 5.17. The van der Waals surface area contributed by atoms with Crippen LogP contribution in [0.2, 0.25) is 5.02 Å². The summed E-state index contributed by atoms with van der Waals surface area (Å²) in [4.78, 5) is 12.5. The van der Waals surface area contributed by atoms with E-state index in [0.717, 1.165) is 22.0 Å². The lowest BCUT2D eigenvalue weighted by Crippen LogP contribution is -2.39. The number of benzene rings is 3. The van der Waals surface area contributed by atoms with Crippen LogP contribution in [-0.4, -0.2) is 11.9 Å². The van der Waals surface area contributed by atoms with E-state index in [-0.39, 0.29) is 18.0 Å². The molecule has 2 atom stereocenters. The zero-order valence-electron chi connectivity index (χ0n) is 14.3. The molecule has 3 aromatic rings. The van der Waals surface area contributed by atoms with Gasteiger partial charge in [0.2, 0.25) is 5.91 Å². The summed E-state index contributed by atoms with van der Waals surface area (Å²) < 4.78 is 0. The molecule has 0 fully saturated rings. The average Bonchev–Trinajstić information content (AvgIpc) is 2.61. The van der Waals surface area contributed by atoms with Crippen molar-refractivity contribution in [1.82, 2.24) is 5.32 Å². The molecule has 0 heterocycles. The summed E-state index contributed by atoms with van der Waals surface area (Å²) in [5.41, 5.74) is 1.78. The monoisotopic (exact) mass is 352 g/mol. The number of nitrogens with one attached hydrogen (secondary N) is 2. The van der Waals surface area contributed by atoms with E-state index in [9.17, 15) is 4.79 Å². The fraction of sp³-hybridized carbons (Fsp3) is 0.190. The van der Waals surface area contributed by atoms with E-state index in [4.69, 9.17) is 11.6 Å². The predicted molar refractivity (Wildman–Crippen MR) is 105 cm³/mol. The van der Waals surface area contributed by atoms with Crippen molar-refractivity contribution in [3.8, 4) is 0 Å². The third kappa shape index (κ3) is 4.19. The molecular formula is C21H21ClN2O. The van der Waals surface area contributed by atoms with Crippen molar-refractivity contribution in [2.24, 2.45) is 0 Å². The maximum atomic E-state index is 12.5. The highest BCUT2D eigenvalue weighted by atomic mass is 35.5. The van der Waals surface area contributed by atoms with Gasteiger partial charge < -0.3 is 5.32 Å². The summed E-state index contributed by atoms with van der Waals surface area (Å²) >= 11 is 6.23. The van der Waals surface area contributed by atoms with Gasteiger partial charge in [-0.3, -0.25) is 10.1 Å². The van der Waals surface area contributed by atoms with Crippen molar-refractivity contribution in [3.05, 3.63) is 77.3 Å². The minimum absolute atomic E-state index is 0.0222. The number of halogens is 1. The van der Waals surface area contributed by atoms with E-state index in [1.807, 2.05) is 74.5 Å². The van der Waals surface area contributed by atoms with E-state index in [0.29, 0.717) is 5.02 Å². The number of anilines is 1. The van der Waals surface area contributed by atoms with E-state index in [1.165, 1.54) is 0 Å². The summed E-state index contributed by atoms with van der Waals surface area (Å²) in [6.07, 6.45) is 0. The molecule has 0 unspecified atom stereocenters. The molecule has 3 nitrogen and oxygen atoms in total. The molecule has 0 aliphatic heterocycles. The normalized spacial score (nSPS) is 13.4. The van der Waals surface area contributed by atoms with Crippen molar-refractivity contribution in [2.75, 3.05) is 5.32 Å². The van der Waals surface area contributed by atoms with Gasteiger partial charge in [-0.15, -0.1) is 0 Å². The fourth-order valence-electron chi connectivity index (χ4n) is 2.88. The molecule has 0 bridgehead atoms. The van der Waals surface area contributed by atoms with Gasteiger partial charge in [-0.05, 0) is 48.4 Å². The highest BCUT2D eigenvalue weighted by molar-refractivity contribution is 6.31. The highest BCUT2D eigenvalue weighted by Crippen LogP contribution is 2.23. The molecular weight excluding hydrogens is 332 g/mol. The first-order valence-corrected chi connectivity index (χ1v) is 8.72. The molecule has 0 aliphatic carbocycles. The molecule has 1 amide bonds. The summed E-state index contributed by atoms with van der Waals surface area (Å²) in [7, 11) is 0. The van der Waals surface area contributed by atoms with Gasteiger partial charge in [0.05, 0.1) is 6.04 Å². The first-order valence-electron chi connectivity index (χ1n) is 8.35. The SMILES string of the molecule is C[C@H](N[C@@H](C)c1ccccc1Cl)C(=O)Nc1ccc2ccccc2c1. The van der Waals surface area contributed by atoms with Crippen molar-refractivity contribution in [3.63, 3.8) is 0 Å². The molecule has 3 aromatic carbocycles. The van der Waals surface area contributed by atoms with Crippen LogP contribution in [0.15, 0.2) is 66.7 Å². The van der Waals surface area contributed by atoms with E-state index >= 15 is 0 Å². The Labute approximate surface area is 153 Å². The quantitative estimate of drug-likeness (QED) is 0.665. The van der Waals surface area contributed by atoms with Gasteiger partial charge in [-0.2, -0.15) is 0 Å². The number of fused-ring (bicyclic) bond motifs is 1. The third-order valence-corrected chi connectivity index (χ3v) is 4.63. The summed E-state index contributed by atoms with van der Waals surface area (Å²) in [6, 6.07) is 21.3. The van der Waals surface area contributed by atoms with Crippen LogP contribution in [-0.2, 0) is 4.79 Å². The second-order valence-electron chi connectivity index (χ2n) is 6.18. The van der Waals surface area contributed by atoms with Crippen LogP contribution >= 0.6 is 11.6 Å². The Morgan fingerprint density at radius 2 is 1.60 bits per heavy atom. The lowest BCUT2D eigenvalue weighted by atomic mass is 10.1. The number of carbonyl (C=O) groups is 1. The van der Waals surface area contributed by atoms with Crippen LogP contribution in [0.25, 0.3) is 10.8 Å². The number of carbonyl (C=O) groups excluding carboxylic acids is 1. The van der Waals surface area contributed by atoms with Gasteiger partial charge in [0, 0.05) is 16.8 Å². The Morgan fingerprint density at radius 3 is 2.36 bits per heavy atom. The lowest BCUT2D eigenvalue weighted by molar-refractivity contribution is -0.117. The maximum Gasteiger partial charge on any atom is 0.241 e. The Bertz CT molecular complexity index is 894. The topological polar surface area (TPSA) is 41.1 Å². The highest BCUT2D eigenvalue weighted by Gasteiger charge is 2.17. The van der Waals surface area contributed by atoms with Gasteiger partial charge in [0.15, 0.2) is 0 Å². The van der Waals surface area contributed by atoms with Gasteiger partial charge in [0.1, 0.15) is 0 Å². The Balaban J connectivity index is 1.66. The van der Waals surface area contributed by atoms with Crippen molar-refractivity contribution in [2.45, 2.75) is 25.9 Å². The van der Waals surface area contributed by atoms with E-state index < -0.39 is 0 Å². The molecule has 4 heteroatoms. The number of rotatable bonds is 5. The Morgan fingerprint density at radius 1 is 0.920 bits per heavy atom. The molecule has 3 rings (SSSR count). The van der Waals surface area contributed by atoms with Crippen LogP contribution in [0.1, 0.15) is 25.5 Å². The van der Waals surface area contributed by atoms with Crippen molar-refractivity contribution < 1.29 is 4.79 Å². The van der Waals surface area contributed by atoms with Crippen LogP contribution in [0.5, 0.6) is 0 Å². The smallest absolute Gasteiger partial charge is 0.241 e. The largest absolute Gasteiger partial charge is 0.325 e. The van der Waals surface area contributed by atoms with Gasteiger partial charge >= 0.3 is 0 Å². The zero-order chi connectivity index (χ0) is 17.8. The Kier molecular flexibility index (Phi) is 5.37. The number of hydrogen-bond acceptors (Lipinski definition) is 2. The van der Waals surface area contributed by atoms with E-state index in [1.54, 1.807) is 0 Å². The summed E-state index contributed by atoms with van der Waals surface area (Å²) in [6.45, 7) is 3.85. The summed E-state index contributed by atoms with van der Waals surface area (Å²) in [5, 5.41) is 9.22. The molecule has 0 aromatic heterocycles. The van der Waals surface area contributed by atoms with Gasteiger partial charge in [-0.1, -0.05) is 60.1 Å². The van der Waals surface area contributed by atoms with Gasteiger partial charge in [0.25, 0.3) is 0 Å². The lowest BCUT2D eigenvalue weighted by Gasteiger charge is -2.21. The Hall–Kier alpha value is -2.36. The molecule has 128 valence electrons. The second kappa shape index (κ2) is 7.68. The molecule has 0 radical (unpaired) electrons. The minimum Gasteiger partial charge on any atom is -0.325 e. The van der Waals surface area contributed by atoms with Crippen LogP contribution in [0.4, 0.5) is 5.69 Å². The molecule has 0 aliphatic rings. The fourth-order valence-corrected chi connectivity index (χ4v) is 3.18. The zero-order valence-corrected chi connectivity index (χ0v) is 15.0. The minimum atomic E-state index is -0.349. The number of amides is 1. The maximum absolute atomic E-state index is 12.5. The van der Waals surface area contributed by atoms with Crippen LogP contribution in [0, 0.1) is 0 Å². The standard InChI is InChI=1S/C21H21ClN2O/c1-14(19-9-5-6-10-20(19)22)23-15(2)21(25)24-18-12-11-16-7-3-4-8-17(16)13-18/h3-15,23H,1-2H3,(H,24,25)/t14-,15-/m0/s1. The van der Waals surface area contributed by atoms with Crippen molar-refractivity contribution >= 4 is 34.0 Å². The molecule has 25 heavy (non-hydrogen) atoms. The molecule has 2 N–H and O–H groups in total. The van der Waals surface area contributed by atoms with Crippen LogP contribution < -0.4 is 10.6 Å². The molecule has 0 saturated heterocycles. The first kappa shape index (κ1) is 17.5. The molecule has 0 saturated carbocycles. The second-order valence-corrected chi connectivity index (χ2v) is 6.59. The van der Waals surface area contributed by atoms with Crippen LogP contribution in [0.3, 0.4) is 0 Å². The third-order valence-electron chi connectivity index (χ3n) is 4.28.